The van der Waals surface area contributed by atoms with E-state index in [9.17, 15) is 5.11 Å². The van der Waals surface area contributed by atoms with Gasteiger partial charge in [-0.15, -0.1) is 0 Å². The summed E-state index contributed by atoms with van der Waals surface area (Å²) in [6.45, 7) is 6.16. The summed E-state index contributed by atoms with van der Waals surface area (Å²) in [6, 6.07) is 17.6. The summed E-state index contributed by atoms with van der Waals surface area (Å²) < 4.78 is 6.02. The number of hydrogen-bond donors (Lipinski definition) is 1. The van der Waals surface area contributed by atoms with Gasteiger partial charge in [-0.1, -0.05) is 56.3 Å². The molecule has 0 aromatic heterocycles. The normalized spacial score (nSPS) is 14.1. The molecule has 2 atom stereocenters. The van der Waals surface area contributed by atoms with Crippen LogP contribution in [0.5, 0.6) is 5.75 Å². The van der Waals surface area contributed by atoms with Crippen LogP contribution in [0.15, 0.2) is 54.6 Å². The zero-order valence-corrected chi connectivity index (χ0v) is 12.3. The minimum absolute atomic E-state index is 0.214. The Kier molecular flexibility index (Phi) is 4.80. The molecule has 0 amide bonds. The van der Waals surface area contributed by atoms with Gasteiger partial charge in [0.2, 0.25) is 0 Å². The van der Waals surface area contributed by atoms with Crippen molar-refractivity contribution in [1.82, 2.24) is 0 Å². The topological polar surface area (TPSA) is 29.5 Å². The molecule has 2 aromatic carbocycles. The number of aliphatic hydroxyl groups excluding tert-OH is 1. The van der Waals surface area contributed by atoms with Gasteiger partial charge in [-0.05, 0) is 36.1 Å². The van der Waals surface area contributed by atoms with Crippen molar-refractivity contribution in [3.63, 3.8) is 0 Å². The molecule has 0 aliphatic rings. The third-order valence-corrected chi connectivity index (χ3v) is 3.37. The second kappa shape index (κ2) is 6.58. The van der Waals surface area contributed by atoms with E-state index in [1.54, 1.807) is 0 Å². The molecule has 1 N–H and O–H groups in total. The van der Waals surface area contributed by atoms with Gasteiger partial charge in [0, 0.05) is 0 Å². The zero-order chi connectivity index (χ0) is 14.5. The highest BCUT2D eigenvalue weighted by molar-refractivity contribution is 5.28. The first-order valence-corrected chi connectivity index (χ1v) is 7.04. The van der Waals surface area contributed by atoms with Crippen LogP contribution < -0.4 is 4.74 Å². The molecule has 0 heterocycles. The number of hydrogen-bond acceptors (Lipinski definition) is 2. The van der Waals surface area contributed by atoms with Crippen molar-refractivity contribution in [3.05, 3.63) is 65.7 Å². The van der Waals surface area contributed by atoms with Gasteiger partial charge in [0.25, 0.3) is 0 Å². The second-order valence-corrected chi connectivity index (χ2v) is 5.50. The summed E-state index contributed by atoms with van der Waals surface area (Å²) in [7, 11) is 0. The number of benzene rings is 2. The third kappa shape index (κ3) is 3.61. The van der Waals surface area contributed by atoms with Crippen molar-refractivity contribution >= 4 is 0 Å². The molecular weight excluding hydrogens is 248 g/mol. The molecule has 0 radical (unpaired) electrons. The van der Waals surface area contributed by atoms with E-state index in [1.165, 1.54) is 0 Å². The Balaban J connectivity index is 2.19. The zero-order valence-electron chi connectivity index (χ0n) is 12.3. The first-order valence-electron chi connectivity index (χ1n) is 7.04. The van der Waals surface area contributed by atoms with E-state index in [1.807, 2.05) is 61.5 Å². The van der Waals surface area contributed by atoms with E-state index >= 15 is 0 Å². The first-order chi connectivity index (χ1) is 9.58. The van der Waals surface area contributed by atoms with Crippen LogP contribution in [-0.2, 0) is 0 Å². The molecule has 2 aromatic rings. The van der Waals surface area contributed by atoms with Crippen molar-refractivity contribution < 1.29 is 9.84 Å². The molecule has 0 aliphatic carbocycles. The standard InChI is InChI=1S/C18H22O2/c1-13(2)18(17(19)15-9-5-4-6-10-15)20-16-11-7-8-14(3)12-16/h4-13,17-19H,1-3H3. The highest BCUT2D eigenvalue weighted by atomic mass is 16.5. The largest absolute Gasteiger partial charge is 0.487 e. The van der Waals surface area contributed by atoms with Crippen molar-refractivity contribution in [2.24, 2.45) is 5.92 Å². The number of rotatable bonds is 5. The van der Waals surface area contributed by atoms with Gasteiger partial charge in [0.15, 0.2) is 0 Å². The SMILES string of the molecule is Cc1cccc(OC(C(C)C)C(O)c2ccccc2)c1. The Bertz CT molecular complexity index is 534. The minimum Gasteiger partial charge on any atom is -0.487 e. The van der Waals surface area contributed by atoms with E-state index in [2.05, 4.69) is 13.8 Å². The molecule has 2 unspecified atom stereocenters. The maximum Gasteiger partial charge on any atom is 0.131 e. The van der Waals surface area contributed by atoms with Crippen molar-refractivity contribution in [3.8, 4) is 5.75 Å². The molecule has 0 saturated carbocycles. The summed E-state index contributed by atoms with van der Waals surface area (Å²) in [6.07, 6.45) is -0.893. The Morgan fingerprint density at radius 3 is 2.25 bits per heavy atom. The number of aryl methyl sites for hydroxylation is 1. The molecule has 2 rings (SSSR count). The summed E-state index contributed by atoms with van der Waals surface area (Å²) in [5, 5.41) is 10.6. The molecule has 2 heteroatoms. The lowest BCUT2D eigenvalue weighted by molar-refractivity contribution is 0.00786. The van der Waals surface area contributed by atoms with Crippen LogP contribution in [0.25, 0.3) is 0 Å². The predicted molar refractivity (Wildman–Crippen MR) is 81.8 cm³/mol. The average Bonchev–Trinajstić information content (AvgIpc) is 2.45. The van der Waals surface area contributed by atoms with Crippen LogP contribution in [0.3, 0.4) is 0 Å². The predicted octanol–water partition coefficient (Wildman–Crippen LogP) is 4.13. The van der Waals surface area contributed by atoms with Gasteiger partial charge < -0.3 is 9.84 Å². The van der Waals surface area contributed by atoms with Gasteiger partial charge >= 0.3 is 0 Å². The second-order valence-electron chi connectivity index (χ2n) is 5.50. The molecule has 0 bridgehead atoms. The Hall–Kier alpha value is -1.80. The summed E-state index contributed by atoms with van der Waals surface area (Å²) >= 11 is 0. The fourth-order valence-corrected chi connectivity index (χ4v) is 2.25. The molecule has 0 fully saturated rings. The van der Waals surface area contributed by atoms with E-state index in [0.717, 1.165) is 16.9 Å². The summed E-state index contributed by atoms with van der Waals surface area (Å²) in [5.41, 5.74) is 2.04. The lowest BCUT2D eigenvalue weighted by Gasteiger charge is -2.27. The molecular formula is C18H22O2. The lowest BCUT2D eigenvalue weighted by Crippen LogP contribution is -2.30. The molecule has 2 nitrogen and oxygen atoms in total. The Labute approximate surface area is 121 Å². The molecule has 106 valence electrons. The van der Waals surface area contributed by atoms with E-state index in [4.69, 9.17) is 4.74 Å². The summed E-state index contributed by atoms with van der Waals surface area (Å²) in [4.78, 5) is 0. The van der Waals surface area contributed by atoms with Gasteiger partial charge in [-0.3, -0.25) is 0 Å². The Morgan fingerprint density at radius 2 is 1.65 bits per heavy atom. The van der Waals surface area contributed by atoms with Crippen LogP contribution in [0.1, 0.15) is 31.1 Å². The van der Waals surface area contributed by atoms with Crippen LogP contribution in [-0.4, -0.2) is 11.2 Å². The van der Waals surface area contributed by atoms with Crippen LogP contribution in [0.2, 0.25) is 0 Å². The average molecular weight is 270 g/mol. The summed E-state index contributed by atoms with van der Waals surface area (Å²) in [5.74, 6) is 1.02. The maximum absolute atomic E-state index is 10.6. The monoisotopic (exact) mass is 270 g/mol. The van der Waals surface area contributed by atoms with Gasteiger partial charge in [-0.25, -0.2) is 0 Å². The van der Waals surface area contributed by atoms with E-state index in [0.29, 0.717) is 0 Å². The van der Waals surface area contributed by atoms with Crippen LogP contribution >= 0.6 is 0 Å². The van der Waals surface area contributed by atoms with Gasteiger partial charge in [0.1, 0.15) is 18.0 Å². The molecule has 0 saturated heterocycles. The number of ether oxygens (including phenoxy) is 1. The van der Waals surface area contributed by atoms with Gasteiger partial charge in [0.05, 0.1) is 0 Å². The minimum atomic E-state index is -0.628. The Morgan fingerprint density at radius 1 is 0.950 bits per heavy atom. The fourth-order valence-electron chi connectivity index (χ4n) is 2.25. The molecule has 0 aliphatic heterocycles. The number of aliphatic hydroxyl groups is 1. The van der Waals surface area contributed by atoms with E-state index < -0.39 is 6.10 Å². The smallest absolute Gasteiger partial charge is 0.131 e. The lowest BCUT2D eigenvalue weighted by atomic mass is 9.96. The first kappa shape index (κ1) is 14.6. The highest BCUT2D eigenvalue weighted by Crippen LogP contribution is 2.27. The third-order valence-electron chi connectivity index (χ3n) is 3.37. The molecule has 0 spiro atoms. The maximum atomic E-state index is 10.6. The van der Waals surface area contributed by atoms with E-state index in [-0.39, 0.29) is 12.0 Å². The van der Waals surface area contributed by atoms with Gasteiger partial charge in [-0.2, -0.15) is 0 Å². The van der Waals surface area contributed by atoms with Crippen molar-refractivity contribution in [1.29, 1.82) is 0 Å². The van der Waals surface area contributed by atoms with Crippen molar-refractivity contribution in [2.45, 2.75) is 33.0 Å². The molecule has 20 heavy (non-hydrogen) atoms. The quantitative estimate of drug-likeness (QED) is 0.885. The van der Waals surface area contributed by atoms with Crippen molar-refractivity contribution in [2.75, 3.05) is 0 Å². The van der Waals surface area contributed by atoms with Crippen LogP contribution in [0, 0.1) is 12.8 Å². The fraction of sp³-hybridized carbons (Fsp3) is 0.333. The highest BCUT2D eigenvalue weighted by Gasteiger charge is 2.26. The van der Waals surface area contributed by atoms with Crippen LogP contribution in [0.4, 0.5) is 0 Å².